The fourth-order valence-corrected chi connectivity index (χ4v) is 6.21. The maximum Gasteiger partial charge on any atom is 0.275 e. The molecule has 1 aliphatic carbocycles. The summed E-state index contributed by atoms with van der Waals surface area (Å²) in [5.41, 5.74) is 4.61. The zero-order valence-electron chi connectivity index (χ0n) is 21.2. The standard InChI is InChI=1S/C26H31N3O2S.C2H6/c1-15-8-9-17(3)21(12-15)29-23(25(30)27-19-7-5-6-16(2)18(19)4)14-28-20-10-11-32-24(20)13-22(28)26(29)31;1-2/h8-13,16,18-19,23H,5-7,14H2,1-4H3,(H,27,30);1-2H3. The van der Waals surface area contributed by atoms with Crippen molar-refractivity contribution in [1.82, 2.24) is 9.88 Å². The molecule has 5 nitrogen and oxygen atoms in total. The van der Waals surface area contributed by atoms with Crippen LogP contribution in [0.25, 0.3) is 10.2 Å². The molecule has 6 heteroatoms. The van der Waals surface area contributed by atoms with Gasteiger partial charge in [-0.15, -0.1) is 11.3 Å². The first-order valence-corrected chi connectivity index (χ1v) is 13.5. The zero-order chi connectivity index (χ0) is 24.6. The highest BCUT2D eigenvalue weighted by Gasteiger charge is 2.41. The van der Waals surface area contributed by atoms with E-state index in [1.807, 2.05) is 68.0 Å². The molecule has 0 bridgehead atoms. The third-order valence-electron chi connectivity index (χ3n) is 7.59. The number of rotatable bonds is 3. The Hall–Kier alpha value is -2.60. The summed E-state index contributed by atoms with van der Waals surface area (Å²) in [6.45, 7) is 13.0. The first-order chi connectivity index (χ1) is 16.3. The molecule has 34 heavy (non-hydrogen) atoms. The Morgan fingerprint density at radius 3 is 2.62 bits per heavy atom. The third-order valence-corrected chi connectivity index (χ3v) is 8.44. The lowest BCUT2D eigenvalue weighted by Gasteiger charge is -2.39. The van der Waals surface area contributed by atoms with E-state index in [1.54, 1.807) is 16.2 Å². The van der Waals surface area contributed by atoms with Crippen LogP contribution in [0.2, 0.25) is 0 Å². The van der Waals surface area contributed by atoms with Gasteiger partial charge in [0.25, 0.3) is 5.91 Å². The van der Waals surface area contributed by atoms with E-state index < -0.39 is 6.04 Å². The van der Waals surface area contributed by atoms with E-state index in [4.69, 9.17) is 0 Å². The Balaban J connectivity index is 0.00000133. The summed E-state index contributed by atoms with van der Waals surface area (Å²) < 4.78 is 3.12. The van der Waals surface area contributed by atoms with Crippen molar-refractivity contribution in [3.05, 3.63) is 52.5 Å². The molecule has 4 atom stereocenters. The molecule has 2 amide bonds. The molecule has 0 saturated heterocycles. The maximum atomic E-state index is 13.8. The van der Waals surface area contributed by atoms with E-state index >= 15 is 0 Å². The number of hydrogen-bond acceptors (Lipinski definition) is 3. The van der Waals surface area contributed by atoms with Crippen molar-refractivity contribution in [3.63, 3.8) is 0 Å². The summed E-state index contributed by atoms with van der Waals surface area (Å²) in [6.07, 6.45) is 3.36. The first kappa shape index (κ1) is 24.5. The number of fused-ring (bicyclic) bond motifs is 3. The second-order valence-corrected chi connectivity index (χ2v) is 10.6. The van der Waals surface area contributed by atoms with Gasteiger partial charge in [0.1, 0.15) is 11.7 Å². The Morgan fingerprint density at radius 1 is 1.09 bits per heavy atom. The molecule has 3 heterocycles. The molecule has 3 aromatic rings. The highest BCUT2D eigenvalue weighted by atomic mass is 32.1. The van der Waals surface area contributed by atoms with E-state index in [1.165, 1.54) is 6.42 Å². The Kier molecular flexibility index (Phi) is 7.17. The number of benzene rings is 1. The molecule has 5 rings (SSSR count). The minimum atomic E-state index is -0.574. The first-order valence-electron chi connectivity index (χ1n) is 12.6. The van der Waals surface area contributed by atoms with Crippen molar-refractivity contribution in [2.24, 2.45) is 11.8 Å². The van der Waals surface area contributed by atoms with Crippen molar-refractivity contribution >= 4 is 39.1 Å². The summed E-state index contributed by atoms with van der Waals surface area (Å²) in [6, 6.07) is 9.71. The smallest absolute Gasteiger partial charge is 0.275 e. The SMILES string of the molecule is CC.Cc1ccc(C)c(N2C(=O)c3cc4sccc4n3CC2C(=O)NC2CCCC(C)C2C)c1. The van der Waals surface area contributed by atoms with E-state index in [9.17, 15) is 9.59 Å². The van der Waals surface area contributed by atoms with Crippen LogP contribution < -0.4 is 10.2 Å². The number of carbonyl (C=O) groups excluding carboxylic acids is 2. The van der Waals surface area contributed by atoms with Crippen molar-refractivity contribution in [2.75, 3.05) is 4.90 Å². The quantitative estimate of drug-likeness (QED) is 0.478. The predicted octanol–water partition coefficient (Wildman–Crippen LogP) is 6.32. The Bertz CT molecular complexity index is 1190. The molecule has 1 N–H and O–H groups in total. The van der Waals surface area contributed by atoms with Gasteiger partial charge in [-0.1, -0.05) is 52.7 Å². The van der Waals surface area contributed by atoms with Gasteiger partial charge in [0, 0.05) is 11.7 Å². The molecule has 0 radical (unpaired) electrons. The molecular weight excluding hydrogens is 442 g/mol. The van der Waals surface area contributed by atoms with Crippen molar-refractivity contribution in [3.8, 4) is 0 Å². The summed E-state index contributed by atoms with van der Waals surface area (Å²) in [7, 11) is 0. The minimum absolute atomic E-state index is 0.0482. The van der Waals surface area contributed by atoms with Crippen LogP contribution >= 0.6 is 11.3 Å². The van der Waals surface area contributed by atoms with Gasteiger partial charge in [-0.25, -0.2) is 0 Å². The second kappa shape index (κ2) is 9.95. The van der Waals surface area contributed by atoms with Crippen LogP contribution in [-0.4, -0.2) is 28.5 Å². The van der Waals surface area contributed by atoms with E-state index in [0.29, 0.717) is 24.1 Å². The highest BCUT2D eigenvalue weighted by molar-refractivity contribution is 7.17. The average Bonchev–Trinajstić information content (AvgIpc) is 3.42. The molecule has 1 aliphatic heterocycles. The number of amides is 2. The molecule has 1 fully saturated rings. The highest BCUT2D eigenvalue weighted by Crippen LogP contribution is 2.35. The van der Waals surface area contributed by atoms with Gasteiger partial charge in [-0.05, 0) is 66.8 Å². The van der Waals surface area contributed by atoms with Crippen LogP contribution in [0.1, 0.15) is 68.6 Å². The van der Waals surface area contributed by atoms with Gasteiger partial charge in [-0.3, -0.25) is 14.5 Å². The number of anilines is 1. The van der Waals surface area contributed by atoms with Crippen molar-refractivity contribution in [1.29, 1.82) is 0 Å². The summed E-state index contributed by atoms with van der Waals surface area (Å²) in [5.74, 6) is 0.886. The number of carbonyl (C=O) groups is 2. The van der Waals surface area contributed by atoms with Crippen LogP contribution in [0, 0.1) is 25.7 Å². The fourth-order valence-electron chi connectivity index (χ4n) is 5.39. The molecule has 1 saturated carbocycles. The number of aromatic nitrogens is 1. The van der Waals surface area contributed by atoms with Crippen LogP contribution in [0.3, 0.4) is 0 Å². The molecule has 4 unspecified atom stereocenters. The van der Waals surface area contributed by atoms with Crippen LogP contribution in [-0.2, 0) is 11.3 Å². The second-order valence-electron chi connectivity index (χ2n) is 9.67. The monoisotopic (exact) mass is 479 g/mol. The topological polar surface area (TPSA) is 54.3 Å². The maximum absolute atomic E-state index is 13.8. The average molecular weight is 480 g/mol. The molecule has 2 aromatic heterocycles. The minimum Gasteiger partial charge on any atom is -0.351 e. The number of aryl methyl sites for hydroxylation is 2. The molecule has 182 valence electrons. The van der Waals surface area contributed by atoms with Crippen LogP contribution in [0.4, 0.5) is 5.69 Å². The van der Waals surface area contributed by atoms with Crippen LogP contribution in [0.15, 0.2) is 35.7 Å². The van der Waals surface area contributed by atoms with E-state index in [-0.39, 0.29) is 17.9 Å². The normalized spacial score (nSPS) is 24.4. The summed E-state index contributed by atoms with van der Waals surface area (Å²) in [5, 5.41) is 5.39. The molecule has 0 spiro atoms. The van der Waals surface area contributed by atoms with Crippen molar-refractivity contribution < 1.29 is 9.59 Å². The van der Waals surface area contributed by atoms with Gasteiger partial charge in [-0.2, -0.15) is 0 Å². The van der Waals surface area contributed by atoms with Gasteiger partial charge in [0.2, 0.25) is 5.91 Å². The van der Waals surface area contributed by atoms with Gasteiger partial charge in [0.05, 0.1) is 16.8 Å². The predicted molar refractivity (Wildman–Crippen MR) is 142 cm³/mol. The van der Waals surface area contributed by atoms with Crippen LogP contribution in [0.5, 0.6) is 0 Å². The third kappa shape index (κ3) is 4.28. The van der Waals surface area contributed by atoms with E-state index in [2.05, 4.69) is 19.2 Å². The Morgan fingerprint density at radius 2 is 1.85 bits per heavy atom. The lowest BCUT2D eigenvalue weighted by atomic mass is 9.78. The lowest BCUT2D eigenvalue weighted by molar-refractivity contribution is -0.124. The molecule has 1 aromatic carbocycles. The van der Waals surface area contributed by atoms with Gasteiger partial charge < -0.3 is 9.88 Å². The lowest BCUT2D eigenvalue weighted by Crippen LogP contribution is -2.58. The van der Waals surface area contributed by atoms with Gasteiger partial charge >= 0.3 is 0 Å². The fraction of sp³-hybridized carbons (Fsp3) is 0.500. The summed E-state index contributed by atoms with van der Waals surface area (Å²) in [4.78, 5) is 29.3. The summed E-state index contributed by atoms with van der Waals surface area (Å²) >= 11 is 1.63. The number of nitrogens with zero attached hydrogens (tertiary/aromatic N) is 2. The van der Waals surface area contributed by atoms with E-state index in [0.717, 1.165) is 39.9 Å². The molecule has 2 aliphatic rings. The number of thiophene rings is 1. The number of hydrogen-bond donors (Lipinski definition) is 1. The molecular formula is C28H37N3O2S. The van der Waals surface area contributed by atoms with Crippen molar-refractivity contribution in [2.45, 2.75) is 79.4 Å². The zero-order valence-corrected chi connectivity index (χ0v) is 22.0. The largest absolute Gasteiger partial charge is 0.351 e. The Labute approximate surface area is 207 Å². The van der Waals surface area contributed by atoms with Gasteiger partial charge in [0.15, 0.2) is 0 Å². The number of nitrogens with one attached hydrogen (secondary N) is 1.